The zero-order valence-corrected chi connectivity index (χ0v) is 14.0. The monoisotopic (exact) mass is 361 g/mol. The van der Waals surface area contributed by atoms with Crippen LogP contribution < -0.4 is 10.5 Å². The molecule has 3 nitrogen and oxygen atoms in total. The quantitative estimate of drug-likeness (QED) is 0.841. The number of methoxy groups -OCH3 is 1. The zero-order valence-electron chi connectivity index (χ0n) is 11.7. The minimum absolute atomic E-state index is 0.0922. The topological polar surface area (TPSA) is 44.5 Å². The Morgan fingerprint density at radius 3 is 2.95 bits per heavy atom. The Morgan fingerprint density at radius 1 is 1.50 bits per heavy atom. The number of hydrogen-bond acceptors (Lipinski definition) is 3. The standard InChI is InChI=1S/C15H21BrClNO2/c1-19-15-12(8-10(17)9-13(15)16)14(18)6-5-11-4-2-3-7-20-11/h8-9,11,14H,2-7,18H2,1H3. The van der Waals surface area contributed by atoms with Crippen LogP contribution in [0.4, 0.5) is 0 Å². The van der Waals surface area contributed by atoms with Gasteiger partial charge in [0.2, 0.25) is 0 Å². The Morgan fingerprint density at radius 2 is 2.30 bits per heavy atom. The van der Waals surface area contributed by atoms with Crippen LogP contribution in [0.15, 0.2) is 16.6 Å². The smallest absolute Gasteiger partial charge is 0.137 e. The molecule has 5 heteroatoms. The molecule has 0 spiro atoms. The number of benzene rings is 1. The lowest BCUT2D eigenvalue weighted by molar-refractivity contribution is 0.00909. The lowest BCUT2D eigenvalue weighted by Crippen LogP contribution is -2.21. The van der Waals surface area contributed by atoms with Gasteiger partial charge < -0.3 is 15.2 Å². The Bertz CT molecular complexity index is 450. The van der Waals surface area contributed by atoms with E-state index in [1.54, 1.807) is 7.11 Å². The number of halogens is 2. The van der Waals surface area contributed by atoms with E-state index in [9.17, 15) is 0 Å². The normalized spacial score (nSPS) is 20.7. The molecule has 1 aliphatic heterocycles. The maximum absolute atomic E-state index is 6.31. The van der Waals surface area contributed by atoms with Crippen molar-refractivity contribution in [1.29, 1.82) is 0 Å². The molecule has 2 N–H and O–H groups in total. The van der Waals surface area contributed by atoms with Crippen LogP contribution >= 0.6 is 27.5 Å². The molecule has 1 aromatic rings. The van der Waals surface area contributed by atoms with Crippen LogP contribution in [0.3, 0.4) is 0 Å². The van der Waals surface area contributed by atoms with E-state index < -0.39 is 0 Å². The molecule has 2 atom stereocenters. The van der Waals surface area contributed by atoms with Crippen LogP contribution in [-0.2, 0) is 4.74 Å². The fraction of sp³-hybridized carbons (Fsp3) is 0.600. The van der Waals surface area contributed by atoms with Gasteiger partial charge in [0.25, 0.3) is 0 Å². The van der Waals surface area contributed by atoms with Crippen molar-refractivity contribution in [3.05, 3.63) is 27.2 Å². The predicted octanol–water partition coefficient (Wildman–Crippen LogP) is 4.46. The molecular formula is C15H21BrClNO2. The lowest BCUT2D eigenvalue weighted by atomic mass is 9.97. The first-order valence-electron chi connectivity index (χ1n) is 7.02. The van der Waals surface area contributed by atoms with Gasteiger partial charge in [-0.3, -0.25) is 0 Å². The molecule has 0 saturated carbocycles. The average molecular weight is 363 g/mol. The summed E-state index contributed by atoms with van der Waals surface area (Å²) in [7, 11) is 1.65. The summed E-state index contributed by atoms with van der Waals surface area (Å²) < 4.78 is 12.0. The van der Waals surface area contributed by atoms with E-state index in [0.29, 0.717) is 11.1 Å². The van der Waals surface area contributed by atoms with Gasteiger partial charge in [0.15, 0.2) is 0 Å². The van der Waals surface area contributed by atoms with Gasteiger partial charge in [-0.25, -0.2) is 0 Å². The molecule has 0 radical (unpaired) electrons. The number of hydrogen-bond donors (Lipinski definition) is 1. The Labute approximate surface area is 133 Å². The van der Waals surface area contributed by atoms with Gasteiger partial charge in [0.05, 0.1) is 17.7 Å². The molecule has 0 aromatic heterocycles. The molecule has 1 heterocycles. The highest BCUT2D eigenvalue weighted by molar-refractivity contribution is 9.10. The SMILES string of the molecule is COc1c(Br)cc(Cl)cc1C(N)CCC1CCCCO1. The maximum atomic E-state index is 6.31. The van der Waals surface area contributed by atoms with Gasteiger partial charge in [0, 0.05) is 23.2 Å². The van der Waals surface area contributed by atoms with Gasteiger partial charge in [-0.05, 0) is 60.2 Å². The molecule has 0 bridgehead atoms. The van der Waals surface area contributed by atoms with E-state index in [1.165, 1.54) is 12.8 Å². The Kier molecular flexibility index (Phi) is 6.15. The first kappa shape index (κ1) is 16.1. The Hall–Kier alpha value is -0.290. The Balaban J connectivity index is 2.02. The van der Waals surface area contributed by atoms with Gasteiger partial charge in [-0.1, -0.05) is 11.6 Å². The van der Waals surface area contributed by atoms with E-state index in [2.05, 4.69) is 15.9 Å². The number of ether oxygens (including phenoxy) is 2. The second-order valence-corrected chi connectivity index (χ2v) is 6.47. The van der Waals surface area contributed by atoms with E-state index in [0.717, 1.165) is 41.7 Å². The molecule has 0 amide bonds. The van der Waals surface area contributed by atoms with Gasteiger partial charge >= 0.3 is 0 Å². The number of nitrogens with two attached hydrogens (primary N) is 1. The fourth-order valence-corrected chi connectivity index (χ4v) is 3.62. The van der Waals surface area contributed by atoms with Crippen LogP contribution in [-0.4, -0.2) is 19.8 Å². The van der Waals surface area contributed by atoms with Crippen LogP contribution in [0, 0.1) is 0 Å². The van der Waals surface area contributed by atoms with Gasteiger partial charge in [-0.2, -0.15) is 0 Å². The van der Waals surface area contributed by atoms with Crippen molar-refractivity contribution in [2.75, 3.05) is 13.7 Å². The molecular weight excluding hydrogens is 342 g/mol. The summed E-state index contributed by atoms with van der Waals surface area (Å²) in [6.07, 6.45) is 5.78. The third-order valence-corrected chi connectivity index (χ3v) is 4.52. The van der Waals surface area contributed by atoms with Crippen molar-refractivity contribution >= 4 is 27.5 Å². The summed E-state index contributed by atoms with van der Waals surface area (Å²) in [6.45, 7) is 0.881. The molecule has 20 heavy (non-hydrogen) atoms. The summed E-state index contributed by atoms with van der Waals surface area (Å²) in [5.41, 5.74) is 7.26. The minimum atomic E-state index is -0.0922. The summed E-state index contributed by atoms with van der Waals surface area (Å²) in [5.74, 6) is 0.770. The number of rotatable bonds is 5. The van der Waals surface area contributed by atoms with Crippen molar-refractivity contribution in [1.82, 2.24) is 0 Å². The van der Waals surface area contributed by atoms with Gasteiger partial charge in [-0.15, -0.1) is 0 Å². The molecule has 1 fully saturated rings. The molecule has 1 aromatic carbocycles. The second-order valence-electron chi connectivity index (χ2n) is 5.18. The third-order valence-electron chi connectivity index (χ3n) is 3.71. The van der Waals surface area contributed by atoms with E-state index in [-0.39, 0.29) is 6.04 Å². The van der Waals surface area contributed by atoms with Crippen LogP contribution in [0.1, 0.15) is 43.7 Å². The molecule has 2 unspecified atom stereocenters. The first-order valence-corrected chi connectivity index (χ1v) is 8.19. The first-order chi connectivity index (χ1) is 9.61. The van der Waals surface area contributed by atoms with Crippen LogP contribution in [0.25, 0.3) is 0 Å². The minimum Gasteiger partial charge on any atom is -0.495 e. The van der Waals surface area contributed by atoms with Crippen molar-refractivity contribution in [3.63, 3.8) is 0 Å². The van der Waals surface area contributed by atoms with Crippen molar-refractivity contribution < 1.29 is 9.47 Å². The molecule has 112 valence electrons. The summed E-state index contributed by atoms with van der Waals surface area (Å²) in [4.78, 5) is 0. The van der Waals surface area contributed by atoms with Crippen molar-refractivity contribution in [2.24, 2.45) is 5.73 Å². The fourth-order valence-electron chi connectivity index (χ4n) is 2.63. The van der Waals surface area contributed by atoms with E-state index in [4.69, 9.17) is 26.8 Å². The van der Waals surface area contributed by atoms with E-state index in [1.807, 2.05) is 12.1 Å². The van der Waals surface area contributed by atoms with E-state index >= 15 is 0 Å². The van der Waals surface area contributed by atoms with Crippen molar-refractivity contribution in [2.45, 2.75) is 44.2 Å². The average Bonchev–Trinajstić information content (AvgIpc) is 2.45. The lowest BCUT2D eigenvalue weighted by Gasteiger charge is -2.24. The molecule has 1 aliphatic rings. The largest absolute Gasteiger partial charge is 0.495 e. The summed E-state index contributed by atoms with van der Waals surface area (Å²) in [6, 6.07) is 3.61. The summed E-state index contributed by atoms with van der Waals surface area (Å²) >= 11 is 9.57. The molecule has 1 saturated heterocycles. The highest BCUT2D eigenvalue weighted by Crippen LogP contribution is 2.37. The van der Waals surface area contributed by atoms with Gasteiger partial charge in [0.1, 0.15) is 5.75 Å². The molecule has 2 rings (SSSR count). The zero-order chi connectivity index (χ0) is 14.5. The predicted molar refractivity (Wildman–Crippen MR) is 85.5 cm³/mol. The summed E-state index contributed by atoms with van der Waals surface area (Å²) in [5, 5.41) is 0.664. The second kappa shape index (κ2) is 7.64. The molecule has 0 aliphatic carbocycles. The van der Waals surface area contributed by atoms with Crippen LogP contribution in [0.5, 0.6) is 5.75 Å². The highest BCUT2D eigenvalue weighted by Gasteiger charge is 2.19. The maximum Gasteiger partial charge on any atom is 0.137 e. The third kappa shape index (κ3) is 4.10. The van der Waals surface area contributed by atoms with Crippen molar-refractivity contribution in [3.8, 4) is 5.75 Å². The van der Waals surface area contributed by atoms with Crippen LogP contribution in [0.2, 0.25) is 5.02 Å². The highest BCUT2D eigenvalue weighted by atomic mass is 79.9.